The first-order valence-corrected chi connectivity index (χ1v) is 9.48. The minimum absolute atomic E-state index is 0.0349. The molecule has 154 valence electrons. The van der Waals surface area contributed by atoms with Gasteiger partial charge in [0, 0.05) is 37.3 Å². The molecule has 1 aliphatic rings. The summed E-state index contributed by atoms with van der Waals surface area (Å²) in [7, 11) is 4.70. The summed E-state index contributed by atoms with van der Waals surface area (Å²) >= 11 is 0. The molecule has 7 heteroatoms. The Hall–Kier alpha value is -3.22. The van der Waals surface area contributed by atoms with Crippen LogP contribution in [0.4, 0.5) is 0 Å². The van der Waals surface area contributed by atoms with Crippen LogP contribution in [-0.4, -0.2) is 69.1 Å². The Morgan fingerprint density at radius 1 is 0.793 bits per heavy atom. The van der Waals surface area contributed by atoms with Crippen molar-refractivity contribution in [2.24, 2.45) is 0 Å². The maximum absolute atomic E-state index is 12.8. The lowest BCUT2D eigenvalue weighted by Gasteiger charge is -2.35. The van der Waals surface area contributed by atoms with Gasteiger partial charge in [0.2, 0.25) is 5.91 Å². The summed E-state index contributed by atoms with van der Waals surface area (Å²) in [5.41, 5.74) is 1.40. The van der Waals surface area contributed by atoms with Crippen molar-refractivity contribution >= 4 is 11.8 Å². The number of carbonyl (C=O) groups is 2. The fourth-order valence-electron chi connectivity index (χ4n) is 3.43. The number of piperazine rings is 1. The van der Waals surface area contributed by atoms with Crippen LogP contribution in [0.25, 0.3) is 0 Å². The van der Waals surface area contributed by atoms with Gasteiger partial charge in [-0.15, -0.1) is 0 Å². The normalized spacial score (nSPS) is 13.8. The van der Waals surface area contributed by atoms with Crippen LogP contribution in [0.15, 0.2) is 42.5 Å². The molecule has 0 radical (unpaired) electrons. The molecule has 29 heavy (non-hydrogen) atoms. The highest BCUT2D eigenvalue weighted by molar-refractivity contribution is 5.95. The second-order valence-corrected chi connectivity index (χ2v) is 6.73. The molecule has 0 unspecified atom stereocenters. The van der Waals surface area contributed by atoms with Crippen LogP contribution in [0.5, 0.6) is 17.2 Å². The van der Waals surface area contributed by atoms with Crippen LogP contribution in [0.1, 0.15) is 15.9 Å². The van der Waals surface area contributed by atoms with E-state index in [9.17, 15) is 9.59 Å². The van der Waals surface area contributed by atoms with Crippen LogP contribution in [-0.2, 0) is 11.2 Å². The minimum atomic E-state index is -0.0808. The van der Waals surface area contributed by atoms with E-state index in [0.29, 0.717) is 49.0 Å². The molecule has 0 bridgehead atoms. The molecule has 2 aromatic carbocycles. The van der Waals surface area contributed by atoms with E-state index < -0.39 is 0 Å². The smallest absolute Gasteiger partial charge is 0.254 e. The number of methoxy groups -OCH3 is 3. The highest BCUT2D eigenvalue weighted by atomic mass is 16.5. The number of hydrogen-bond acceptors (Lipinski definition) is 5. The summed E-state index contributed by atoms with van der Waals surface area (Å²) in [6, 6.07) is 12.6. The van der Waals surface area contributed by atoms with Crippen molar-refractivity contribution in [3.05, 3.63) is 53.6 Å². The predicted molar refractivity (Wildman–Crippen MR) is 109 cm³/mol. The molecule has 2 aromatic rings. The van der Waals surface area contributed by atoms with Gasteiger partial charge < -0.3 is 24.0 Å². The molecule has 0 saturated carbocycles. The van der Waals surface area contributed by atoms with Gasteiger partial charge >= 0.3 is 0 Å². The number of hydrogen-bond donors (Lipinski definition) is 0. The van der Waals surface area contributed by atoms with Crippen molar-refractivity contribution in [3.8, 4) is 17.2 Å². The van der Waals surface area contributed by atoms with Crippen LogP contribution < -0.4 is 14.2 Å². The van der Waals surface area contributed by atoms with Gasteiger partial charge in [-0.1, -0.05) is 18.2 Å². The van der Waals surface area contributed by atoms with Crippen molar-refractivity contribution in [1.29, 1.82) is 0 Å². The molecule has 0 atom stereocenters. The van der Waals surface area contributed by atoms with Gasteiger partial charge in [-0.05, 0) is 24.3 Å². The molecule has 0 aliphatic carbocycles. The largest absolute Gasteiger partial charge is 0.496 e. The summed E-state index contributed by atoms with van der Waals surface area (Å²) in [5.74, 6) is 1.76. The standard InChI is InChI=1S/C22H26N2O5/c1-27-18-7-5-4-6-16(18)15-21(25)23-10-12-24(13-11-23)22(26)17-8-9-19(28-2)20(14-17)29-3/h4-9,14H,10-13,15H2,1-3H3. The third-order valence-corrected chi connectivity index (χ3v) is 5.08. The van der Waals surface area contributed by atoms with E-state index in [1.807, 2.05) is 24.3 Å². The van der Waals surface area contributed by atoms with E-state index in [4.69, 9.17) is 14.2 Å². The second kappa shape index (κ2) is 9.32. The van der Waals surface area contributed by atoms with Crippen molar-refractivity contribution in [2.45, 2.75) is 6.42 Å². The monoisotopic (exact) mass is 398 g/mol. The zero-order valence-electron chi connectivity index (χ0n) is 17.0. The van der Waals surface area contributed by atoms with Gasteiger partial charge in [0.25, 0.3) is 5.91 Å². The first kappa shape index (κ1) is 20.5. The lowest BCUT2D eigenvalue weighted by atomic mass is 10.1. The van der Waals surface area contributed by atoms with Gasteiger partial charge in [-0.25, -0.2) is 0 Å². The highest BCUT2D eigenvalue weighted by Crippen LogP contribution is 2.28. The average Bonchev–Trinajstić information content (AvgIpc) is 2.78. The molecular weight excluding hydrogens is 372 g/mol. The molecule has 1 heterocycles. The van der Waals surface area contributed by atoms with Crippen LogP contribution in [0.2, 0.25) is 0 Å². The van der Waals surface area contributed by atoms with E-state index >= 15 is 0 Å². The van der Waals surface area contributed by atoms with Crippen molar-refractivity contribution < 1.29 is 23.8 Å². The van der Waals surface area contributed by atoms with Gasteiger partial charge in [0.1, 0.15) is 5.75 Å². The first-order valence-electron chi connectivity index (χ1n) is 9.48. The Bertz CT molecular complexity index is 875. The number of rotatable bonds is 6. The Balaban J connectivity index is 1.60. The van der Waals surface area contributed by atoms with E-state index in [1.165, 1.54) is 7.11 Å². The number of carbonyl (C=O) groups excluding carboxylic acids is 2. The second-order valence-electron chi connectivity index (χ2n) is 6.73. The summed E-state index contributed by atoms with van der Waals surface area (Å²) in [4.78, 5) is 29.1. The van der Waals surface area contributed by atoms with E-state index in [2.05, 4.69) is 0 Å². The summed E-state index contributed by atoms with van der Waals surface area (Å²) in [6.07, 6.45) is 0.285. The van der Waals surface area contributed by atoms with Crippen LogP contribution >= 0.6 is 0 Å². The minimum Gasteiger partial charge on any atom is -0.496 e. The third-order valence-electron chi connectivity index (χ3n) is 5.08. The molecule has 1 aliphatic heterocycles. The lowest BCUT2D eigenvalue weighted by Crippen LogP contribution is -2.51. The predicted octanol–water partition coefficient (Wildman–Crippen LogP) is 2.24. The SMILES string of the molecule is COc1ccccc1CC(=O)N1CCN(C(=O)c2ccc(OC)c(OC)c2)CC1. The fourth-order valence-corrected chi connectivity index (χ4v) is 3.43. The van der Waals surface area contributed by atoms with Gasteiger partial charge in [0.15, 0.2) is 11.5 Å². The number of benzene rings is 2. The molecule has 3 rings (SSSR count). The summed E-state index contributed by atoms with van der Waals surface area (Å²) in [5, 5.41) is 0. The Labute approximate surface area is 170 Å². The maximum Gasteiger partial charge on any atom is 0.254 e. The Morgan fingerprint density at radius 3 is 2.07 bits per heavy atom. The van der Waals surface area contributed by atoms with Crippen LogP contribution in [0.3, 0.4) is 0 Å². The highest BCUT2D eigenvalue weighted by Gasteiger charge is 2.26. The van der Waals surface area contributed by atoms with E-state index in [0.717, 1.165) is 5.56 Å². The van der Waals surface area contributed by atoms with Crippen molar-refractivity contribution in [2.75, 3.05) is 47.5 Å². The van der Waals surface area contributed by atoms with Gasteiger partial charge in [-0.2, -0.15) is 0 Å². The lowest BCUT2D eigenvalue weighted by molar-refractivity contribution is -0.131. The number of nitrogens with zero attached hydrogens (tertiary/aromatic N) is 2. The Morgan fingerprint density at radius 2 is 1.41 bits per heavy atom. The zero-order valence-corrected chi connectivity index (χ0v) is 17.0. The van der Waals surface area contributed by atoms with Crippen molar-refractivity contribution in [1.82, 2.24) is 9.80 Å². The molecule has 0 spiro atoms. The Kier molecular flexibility index (Phi) is 6.59. The topological polar surface area (TPSA) is 68.3 Å². The molecule has 0 aromatic heterocycles. The number of amides is 2. The van der Waals surface area contributed by atoms with E-state index in [-0.39, 0.29) is 18.2 Å². The van der Waals surface area contributed by atoms with Crippen LogP contribution in [0, 0.1) is 0 Å². The fraction of sp³-hybridized carbons (Fsp3) is 0.364. The molecule has 0 N–H and O–H groups in total. The average molecular weight is 398 g/mol. The number of ether oxygens (including phenoxy) is 3. The third kappa shape index (κ3) is 4.62. The quantitative estimate of drug-likeness (QED) is 0.747. The zero-order chi connectivity index (χ0) is 20.8. The van der Waals surface area contributed by atoms with E-state index in [1.54, 1.807) is 42.2 Å². The number of para-hydroxylation sites is 1. The van der Waals surface area contributed by atoms with Crippen molar-refractivity contribution in [3.63, 3.8) is 0 Å². The molecular formula is C22H26N2O5. The molecule has 1 saturated heterocycles. The molecule has 7 nitrogen and oxygen atoms in total. The first-order chi connectivity index (χ1) is 14.1. The van der Waals surface area contributed by atoms with Gasteiger partial charge in [0.05, 0.1) is 27.8 Å². The summed E-state index contributed by atoms with van der Waals surface area (Å²) in [6.45, 7) is 2.00. The molecule has 1 fully saturated rings. The maximum atomic E-state index is 12.8. The summed E-state index contributed by atoms with van der Waals surface area (Å²) < 4.78 is 15.8. The van der Waals surface area contributed by atoms with Gasteiger partial charge in [-0.3, -0.25) is 9.59 Å². The molecule has 2 amide bonds.